The van der Waals surface area contributed by atoms with Gasteiger partial charge in [0, 0.05) is 51.9 Å². The molecule has 9 aliphatic rings. The number of likely N-dealkylation sites (tertiary alicyclic amines) is 1. The first kappa shape index (κ1) is 38.3. The number of carbonyl (C=O) groups excluding carboxylic acids is 1. The maximum Gasteiger partial charge on any atom is 0.271 e. The number of carbonyl (C=O) groups is 1. The van der Waals surface area contributed by atoms with Gasteiger partial charge in [-0.05, 0) is 191 Å². The number of rotatable bonds is 6. The number of nitrogens with one attached hydrogen (secondary N) is 1. The molecule has 1 fully saturated rings. The first-order chi connectivity index (χ1) is 34.9. The molecular formula is C63H40BrN5O2. The van der Waals surface area contributed by atoms with Crippen LogP contribution in [0.25, 0.3) is 72.2 Å². The Bertz CT molecular complexity index is 4240. The zero-order valence-electron chi connectivity index (χ0n) is 38.5. The molecule has 1 saturated heterocycles. The second kappa shape index (κ2) is 12.9. The van der Waals surface area contributed by atoms with Crippen LogP contribution < -0.4 is 11.0 Å². The minimum absolute atomic E-state index is 0.191. The Morgan fingerprint density at radius 1 is 0.732 bits per heavy atom. The van der Waals surface area contributed by atoms with Gasteiger partial charge in [-0.3, -0.25) is 19.1 Å². The molecule has 1 amide bonds. The molecule has 18 rings (SSSR count). The monoisotopic (exact) mass is 977 g/mol. The number of hydrogen-bond donors (Lipinski definition) is 1. The minimum atomic E-state index is -0.337. The van der Waals surface area contributed by atoms with Crippen LogP contribution in [0.4, 0.5) is 0 Å². The normalized spacial score (nSPS) is 22.8. The van der Waals surface area contributed by atoms with Gasteiger partial charge in [-0.1, -0.05) is 101 Å². The second-order valence-electron chi connectivity index (χ2n) is 21.7. The van der Waals surface area contributed by atoms with Crippen LogP contribution in [0.3, 0.4) is 0 Å². The molecule has 2 heterocycles. The third-order valence-electron chi connectivity index (χ3n) is 18.5. The quantitative estimate of drug-likeness (QED) is 0.133. The number of nitrogens with zero attached hydrogens (tertiary/aromatic N) is 4. The molecule has 1 aromatic heterocycles. The number of benzene rings is 8. The number of fused-ring (bicyclic) bond motifs is 4. The van der Waals surface area contributed by atoms with Crippen molar-refractivity contribution in [3.63, 3.8) is 0 Å². The first-order valence-corrected chi connectivity index (χ1v) is 25.9. The highest BCUT2D eigenvalue weighted by Gasteiger charge is 2.60. The van der Waals surface area contributed by atoms with Crippen molar-refractivity contribution >= 4 is 60.9 Å². The lowest BCUT2D eigenvalue weighted by atomic mass is 9.63. The van der Waals surface area contributed by atoms with Crippen molar-refractivity contribution in [2.24, 2.45) is 11.0 Å². The summed E-state index contributed by atoms with van der Waals surface area (Å²) in [6.45, 7) is 1.03. The summed E-state index contributed by atoms with van der Waals surface area (Å²) in [6, 6.07) is 44.2. The van der Waals surface area contributed by atoms with E-state index in [1.54, 1.807) is 141 Å². The topological polar surface area (TPSA) is 79.6 Å². The number of allylic oxidation sites excluding steroid dienone is 2. The predicted molar refractivity (Wildman–Crippen MR) is 283 cm³/mol. The number of hydrazone groups is 1. The van der Waals surface area contributed by atoms with Crippen LogP contribution in [0, 0.1) is 5.92 Å². The van der Waals surface area contributed by atoms with Gasteiger partial charge >= 0.3 is 0 Å². The maximum absolute atomic E-state index is 14.0. The Labute approximate surface area is 416 Å². The van der Waals surface area contributed by atoms with E-state index in [0.717, 1.165) is 28.6 Å². The molecule has 9 aromatic rings. The number of halogens is 1. The van der Waals surface area contributed by atoms with E-state index in [-0.39, 0.29) is 17.5 Å². The van der Waals surface area contributed by atoms with Crippen molar-refractivity contribution in [3.05, 3.63) is 220 Å². The standard InChI is InChI=1S/C63H40BrN5O2/c1-68-27-43-40-23-36-21-34-19-32-11-12-33-20-35-22-37-24-42(53-52(40)56-49(36)47(34)54-45(32)46(33)55-48(35)50(37)57(53)59(56)58(54)55)51(43)60(68)29-9-7-28(8-10-29)26-65-67-62(70)31-13-16-39(17-14-31)69-61(30-5-3-2-4-6-30)66-44-18-15-38(64)25-41(44)63(69)71/h2-18,20,23-26,34,43,51,58-60H,19,21-22,27H2,1H3,(H,67,70)/b65-26+. The molecule has 8 aromatic carbocycles. The summed E-state index contributed by atoms with van der Waals surface area (Å²) in [4.78, 5) is 35.0. The molecule has 7 nitrogen and oxygen atoms in total. The lowest BCUT2D eigenvalue weighted by Gasteiger charge is -2.39. The molecule has 0 saturated carbocycles. The summed E-state index contributed by atoms with van der Waals surface area (Å²) >= 11 is 3.51. The van der Waals surface area contributed by atoms with E-state index >= 15 is 0 Å². The lowest BCUT2D eigenvalue weighted by Crippen LogP contribution is -2.23. The largest absolute Gasteiger partial charge is 0.298 e. The third kappa shape index (κ3) is 4.54. The average molecular weight is 979 g/mol. The van der Waals surface area contributed by atoms with Crippen molar-refractivity contribution in [3.8, 4) is 39.3 Å². The summed E-state index contributed by atoms with van der Waals surface area (Å²) in [6.07, 6.45) is 5.10. The first-order valence-electron chi connectivity index (χ1n) is 25.1. The average Bonchev–Trinajstić information content (AvgIpc) is 4.26. The molecular weight excluding hydrogens is 939 g/mol. The van der Waals surface area contributed by atoms with Gasteiger partial charge in [-0.2, -0.15) is 5.10 Å². The summed E-state index contributed by atoms with van der Waals surface area (Å²) in [5.41, 5.74) is 35.2. The highest BCUT2D eigenvalue weighted by atomic mass is 79.9. The summed E-state index contributed by atoms with van der Waals surface area (Å²) in [5, 5.41) is 7.97. The zero-order valence-corrected chi connectivity index (χ0v) is 40.1. The van der Waals surface area contributed by atoms with Crippen molar-refractivity contribution < 1.29 is 4.79 Å². The number of amides is 1. The molecule has 71 heavy (non-hydrogen) atoms. The second-order valence-corrected chi connectivity index (χ2v) is 22.6. The lowest BCUT2D eigenvalue weighted by molar-refractivity contribution is 0.0955. The van der Waals surface area contributed by atoms with Crippen LogP contribution in [0.1, 0.15) is 112 Å². The summed E-state index contributed by atoms with van der Waals surface area (Å²) < 4.78 is 2.41. The fourth-order valence-electron chi connectivity index (χ4n) is 16.2. The van der Waals surface area contributed by atoms with Crippen molar-refractivity contribution in [1.29, 1.82) is 0 Å². The van der Waals surface area contributed by atoms with E-state index in [9.17, 15) is 9.59 Å². The van der Waals surface area contributed by atoms with Crippen molar-refractivity contribution in [1.82, 2.24) is 19.9 Å². The van der Waals surface area contributed by atoms with Gasteiger partial charge in [0.05, 0.1) is 22.8 Å². The molecule has 8 heteroatoms. The highest BCUT2D eigenvalue weighted by Crippen LogP contribution is 2.77. The number of likely N-dealkylation sites (N-methyl/N-ethyl adjacent to an activating group) is 1. The van der Waals surface area contributed by atoms with Gasteiger partial charge in [0.25, 0.3) is 11.5 Å². The predicted octanol–water partition coefficient (Wildman–Crippen LogP) is 12.3. The van der Waals surface area contributed by atoms with E-state index in [1.165, 1.54) is 23.8 Å². The number of hydrogen-bond acceptors (Lipinski definition) is 5. The van der Waals surface area contributed by atoms with E-state index in [0.29, 0.717) is 57.6 Å². The van der Waals surface area contributed by atoms with Crippen LogP contribution in [-0.4, -0.2) is 40.2 Å². The Morgan fingerprint density at radius 2 is 1.51 bits per heavy atom. The van der Waals surface area contributed by atoms with Crippen LogP contribution in [0.2, 0.25) is 0 Å². The van der Waals surface area contributed by atoms with Crippen molar-refractivity contribution in [2.75, 3.05) is 13.6 Å². The molecule has 0 radical (unpaired) electrons. The maximum atomic E-state index is 14.0. The molecule has 1 N–H and O–H groups in total. The molecule has 0 spiro atoms. The fourth-order valence-corrected chi connectivity index (χ4v) is 16.5. The van der Waals surface area contributed by atoms with E-state index in [4.69, 9.17) is 4.98 Å². The number of aromatic nitrogens is 2. The van der Waals surface area contributed by atoms with E-state index in [1.807, 2.05) is 42.5 Å². The van der Waals surface area contributed by atoms with Gasteiger partial charge in [-0.25, -0.2) is 10.4 Å². The van der Waals surface area contributed by atoms with Crippen LogP contribution in [0.15, 0.2) is 142 Å². The molecule has 6 atom stereocenters. The van der Waals surface area contributed by atoms with Crippen molar-refractivity contribution in [2.45, 2.75) is 49.0 Å². The SMILES string of the molecule is CN1CC2c3cc4c5c6c3-c3c(cc7c8c3C6C3C6=C5C(C4)Cc4ccc5cc(c-8c3c5c46)C7)C2C1c1ccc(/C=N/NC(=O)c2ccc(-n3c(-c4ccccc4)nc4ccc(Br)cc4c3=O)cc2)cc1. The molecule has 0 bridgehead atoms. The molecule has 8 aliphatic carbocycles. The Balaban J connectivity index is 0.669. The molecule has 336 valence electrons. The van der Waals surface area contributed by atoms with Gasteiger partial charge in [0.2, 0.25) is 0 Å². The third-order valence-corrected chi connectivity index (χ3v) is 19.0. The minimum Gasteiger partial charge on any atom is -0.298 e. The van der Waals surface area contributed by atoms with E-state index in [2.05, 4.69) is 93.0 Å². The smallest absolute Gasteiger partial charge is 0.271 e. The van der Waals surface area contributed by atoms with Crippen LogP contribution >= 0.6 is 15.9 Å². The van der Waals surface area contributed by atoms with Crippen LogP contribution in [0.5, 0.6) is 0 Å². The van der Waals surface area contributed by atoms with Gasteiger partial charge in [0.15, 0.2) is 0 Å². The van der Waals surface area contributed by atoms with Gasteiger partial charge in [-0.15, -0.1) is 0 Å². The summed E-state index contributed by atoms with van der Waals surface area (Å²) in [5.74, 6) is 2.46. The highest BCUT2D eigenvalue weighted by molar-refractivity contribution is 9.10. The van der Waals surface area contributed by atoms with Crippen LogP contribution in [-0.2, 0) is 19.3 Å². The Morgan fingerprint density at radius 3 is 2.37 bits per heavy atom. The Hall–Kier alpha value is -7.52. The molecule has 6 unspecified atom stereocenters. The van der Waals surface area contributed by atoms with Gasteiger partial charge < -0.3 is 0 Å². The molecule has 1 aliphatic heterocycles. The zero-order chi connectivity index (χ0) is 46.4. The van der Waals surface area contributed by atoms with Gasteiger partial charge in [0.1, 0.15) is 5.82 Å². The Kier molecular flexibility index (Phi) is 6.93. The summed E-state index contributed by atoms with van der Waals surface area (Å²) in [7, 11) is 2.34. The van der Waals surface area contributed by atoms with E-state index < -0.39 is 0 Å². The fraction of sp³-hybridized carbons (Fsp3) is 0.175.